The zero-order chi connectivity index (χ0) is 26.7. The van der Waals surface area contributed by atoms with E-state index in [4.69, 9.17) is 22.9 Å². The standard InChI is InChI=1S/C20H36N8O7/c1-10(29)15(22)17(32)26-11(6-7-14(21)30)18(33)28-9-3-5-13(28)16(31)27-12(19(34)35)4-2-8-25-20(23)24/h10-13,15,29H,2-9,22H2,1H3,(H2,21,30)(H,26,32)(H,27,31)(H,34,35)(H4,23,24,25). The number of primary amides is 1. The summed E-state index contributed by atoms with van der Waals surface area (Å²) >= 11 is 0. The van der Waals surface area contributed by atoms with E-state index in [-0.39, 0.29) is 44.7 Å². The van der Waals surface area contributed by atoms with Gasteiger partial charge >= 0.3 is 5.97 Å². The summed E-state index contributed by atoms with van der Waals surface area (Å²) in [6.45, 7) is 1.68. The number of guanidine groups is 1. The average molecular weight is 501 g/mol. The van der Waals surface area contributed by atoms with E-state index in [1.807, 2.05) is 0 Å². The molecule has 1 rings (SSSR count). The topological polar surface area (TPSA) is 270 Å². The van der Waals surface area contributed by atoms with Gasteiger partial charge in [0, 0.05) is 19.5 Å². The van der Waals surface area contributed by atoms with Crippen molar-refractivity contribution < 1.29 is 34.2 Å². The number of hydrogen-bond acceptors (Lipinski definition) is 8. The lowest BCUT2D eigenvalue weighted by Crippen LogP contribution is -2.58. The molecule has 198 valence electrons. The number of aliphatic hydroxyl groups is 1. The lowest BCUT2D eigenvalue weighted by Gasteiger charge is -2.30. The average Bonchev–Trinajstić information content (AvgIpc) is 3.26. The van der Waals surface area contributed by atoms with Crippen molar-refractivity contribution >= 4 is 35.6 Å². The molecular weight excluding hydrogens is 464 g/mol. The third-order valence-corrected chi connectivity index (χ3v) is 5.51. The normalized spacial score (nSPS) is 18.6. The second-order valence-corrected chi connectivity index (χ2v) is 8.37. The highest BCUT2D eigenvalue weighted by Gasteiger charge is 2.39. The van der Waals surface area contributed by atoms with E-state index in [1.165, 1.54) is 11.8 Å². The van der Waals surface area contributed by atoms with Crippen LogP contribution in [0.5, 0.6) is 0 Å². The van der Waals surface area contributed by atoms with Gasteiger partial charge in [0.15, 0.2) is 5.96 Å². The van der Waals surface area contributed by atoms with E-state index in [0.29, 0.717) is 12.8 Å². The number of aliphatic hydroxyl groups excluding tert-OH is 1. The largest absolute Gasteiger partial charge is 0.480 e. The van der Waals surface area contributed by atoms with Crippen LogP contribution in [-0.2, 0) is 24.0 Å². The molecule has 0 aromatic heterocycles. The van der Waals surface area contributed by atoms with E-state index in [1.54, 1.807) is 0 Å². The molecule has 1 fully saturated rings. The minimum absolute atomic E-state index is 0.0625. The maximum atomic E-state index is 13.2. The Morgan fingerprint density at radius 1 is 1.09 bits per heavy atom. The van der Waals surface area contributed by atoms with E-state index in [9.17, 15) is 34.2 Å². The fourth-order valence-corrected chi connectivity index (χ4v) is 3.56. The Kier molecular flexibility index (Phi) is 11.9. The predicted molar refractivity (Wildman–Crippen MR) is 124 cm³/mol. The van der Waals surface area contributed by atoms with Crippen molar-refractivity contribution in [3.05, 3.63) is 0 Å². The molecule has 1 aliphatic rings. The molecule has 1 aliphatic heterocycles. The van der Waals surface area contributed by atoms with Crippen LogP contribution >= 0.6 is 0 Å². The number of nitrogens with zero attached hydrogens (tertiary/aromatic N) is 2. The number of carboxylic acid groups (broad SMARTS) is 1. The molecule has 0 spiro atoms. The minimum atomic E-state index is -1.31. The molecule has 4 amide bonds. The summed E-state index contributed by atoms with van der Waals surface area (Å²) in [7, 11) is 0. The van der Waals surface area contributed by atoms with Crippen molar-refractivity contribution in [2.45, 2.75) is 75.7 Å². The number of carbonyl (C=O) groups is 5. The maximum absolute atomic E-state index is 13.2. The molecule has 1 saturated heterocycles. The first-order valence-corrected chi connectivity index (χ1v) is 11.3. The highest BCUT2D eigenvalue weighted by molar-refractivity contribution is 5.94. The lowest BCUT2D eigenvalue weighted by atomic mass is 10.1. The number of hydrogen-bond donors (Lipinski definition) is 8. The summed E-state index contributed by atoms with van der Waals surface area (Å²) in [5.41, 5.74) is 21.3. The number of aliphatic imine (C=N–C) groups is 1. The van der Waals surface area contributed by atoms with Crippen LogP contribution in [0.3, 0.4) is 0 Å². The fraction of sp³-hybridized carbons (Fsp3) is 0.700. The van der Waals surface area contributed by atoms with Crippen molar-refractivity contribution in [2.75, 3.05) is 13.1 Å². The third-order valence-electron chi connectivity index (χ3n) is 5.51. The molecule has 15 nitrogen and oxygen atoms in total. The monoisotopic (exact) mass is 500 g/mol. The van der Waals surface area contributed by atoms with Gasteiger partial charge in [-0.25, -0.2) is 4.79 Å². The Morgan fingerprint density at radius 3 is 2.29 bits per heavy atom. The van der Waals surface area contributed by atoms with Gasteiger partial charge in [0.1, 0.15) is 24.2 Å². The summed E-state index contributed by atoms with van der Waals surface area (Å²) in [6, 6.07) is -4.72. The molecular formula is C20H36N8O7. The minimum Gasteiger partial charge on any atom is -0.480 e. The number of aliphatic carboxylic acids is 1. The molecule has 1 heterocycles. The first kappa shape index (κ1) is 29.6. The van der Waals surface area contributed by atoms with Crippen molar-refractivity contribution in [1.82, 2.24) is 15.5 Å². The molecule has 5 atom stereocenters. The Balaban J connectivity index is 2.93. The summed E-state index contributed by atoms with van der Waals surface area (Å²) in [5, 5.41) is 23.8. The molecule has 0 radical (unpaired) electrons. The molecule has 0 aromatic rings. The number of amides is 4. The molecule has 0 saturated carbocycles. The Hall–Kier alpha value is -3.46. The molecule has 15 heteroatoms. The summed E-state index contributed by atoms with van der Waals surface area (Å²) in [4.78, 5) is 66.2. The van der Waals surface area contributed by atoms with Crippen LogP contribution in [0.15, 0.2) is 4.99 Å². The van der Waals surface area contributed by atoms with Crippen LogP contribution in [0.4, 0.5) is 0 Å². The van der Waals surface area contributed by atoms with Gasteiger partial charge in [0.2, 0.25) is 23.6 Å². The molecule has 0 aromatic carbocycles. The van der Waals surface area contributed by atoms with Gasteiger partial charge in [0.25, 0.3) is 0 Å². The highest BCUT2D eigenvalue weighted by Crippen LogP contribution is 2.20. The van der Waals surface area contributed by atoms with Crippen LogP contribution in [0.25, 0.3) is 0 Å². The van der Waals surface area contributed by atoms with E-state index in [2.05, 4.69) is 15.6 Å². The number of nitrogens with two attached hydrogens (primary N) is 4. The smallest absolute Gasteiger partial charge is 0.326 e. The Bertz CT molecular complexity index is 815. The lowest BCUT2D eigenvalue weighted by molar-refractivity contribution is -0.145. The van der Waals surface area contributed by atoms with Crippen LogP contribution in [0.1, 0.15) is 45.4 Å². The number of carbonyl (C=O) groups excluding carboxylic acids is 4. The Labute approximate surface area is 202 Å². The van der Waals surface area contributed by atoms with Crippen LogP contribution in [-0.4, -0.2) is 94.0 Å². The maximum Gasteiger partial charge on any atom is 0.326 e. The van der Waals surface area contributed by atoms with Gasteiger partial charge in [-0.05, 0) is 39.0 Å². The van der Waals surface area contributed by atoms with Gasteiger partial charge in [-0.3, -0.25) is 24.2 Å². The first-order valence-electron chi connectivity index (χ1n) is 11.3. The van der Waals surface area contributed by atoms with Gasteiger partial charge in [-0.2, -0.15) is 0 Å². The van der Waals surface area contributed by atoms with Crippen molar-refractivity contribution in [3.8, 4) is 0 Å². The van der Waals surface area contributed by atoms with Crippen LogP contribution < -0.4 is 33.6 Å². The van der Waals surface area contributed by atoms with E-state index < -0.39 is 59.9 Å². The van der Waals surface area contributed by atoms with Crippen LogP contribution in [0.2, 0.25) is 0 Å². The molecule has 35 heavy (non-hydrogen) atoms. The second-order valence-electron chi connectivity index (χ2n) is 8.37. The SMILES string of the molecule is CC(O)C(N)C(=O)NC(CCC(N)=O)C(=O)N1CCCC1C(=O)NC(CCCN=C(N)N)C(=O)O. The van der Waals surface area contributed by atoms with Gasteiger partial charge in [0.05, 0.1) is 6.10 Å². The van der Waals surface area contributed by atoms with Crippen molar-refractivity contribution in [3.63, 3.8) is 0 Å². The zero-order valence-corrected chi connectivity index (χ0v) is 19.7. The first-order chi connectivity index (χ1) is 16.3. The highest BCUT2D eigenvalue weighted by atomic mass is 16.4. The summed E-state index contributed by atoms with van der Waals surface area (Å²) < 4.78 is 0. The predicted octanol–water partition coefficient (Wildman–Crippen LogP) is -3.94. The second kappa shape index (κ2) is 14.1. The molecule has 0 bridgehead atoms. The Morgan fingerprint density at radius 2 is 1.74 bits per heavy atom. The molecule has 0 aliphatic carbocycles. The van der Waals surface area contributed by atoms with E-state index in [0.717, 1.165) is 0 Å². The number of nitrogens with one attached hydrogen (secondary N) is 2. The van der Waals surface area contributed by atoms with Gasteiger partial charge in [-0.1, -0.05) is 0 Å². The number of likely N-dealkylation sites (tertiary alicyclic amines) is 1. The third kappa shape index (κ3) is 9.74. The molecule has 5 unspecified atom stereocenters. The summed E-state index contributed by atoms with van der Waals surface area (Å²) in [6.07, 6.45) is -0.438. The number of rotatable bonds is 14. The van der Waals surface area contributed by atoms with Crippen molar-refractivity contribution in [1.29, 1.82) is 0 Å². The van der Waals surface area contributed by atoms with Crippen LogP contribution in [0, 0.1) is 0 Å². The van der Waals surface area contributed by atoms with Gasteiger partial charge < -0.3 is 48.7 Å². The quantitative estimate of drug-likeness (QED) is 0.0651. The summed E-state index contributed by atoms with van der Waals surface area (Å²) in [5.74, 6) is -4.20. The van der Waals surface area contributed by atoms with E-state index >= 15 is 0 Å². The fourth-order valence-electron chi connectivity index (χ4n) is 3.56. The number of carboxylic acids is 1. The zero-order valence-electron chi connectivity index (χ0n) is 19.7. The van der Waals surface area contributed by atoms with Gasteiger partial charge in [-0.15, -0.1) is 0 Å². The molecule has 12 N–H and O–H groups in total. The van der Waals surface area contributed by atoms with Crippen molar-refractivity contribution in [2.24, 2.45) is 27.9 Å².